The molecule has 0 aromatic heterocycles. The first-order valence-corrected chi connectivity index (χ1v) is 13.6. The number of aryl methyl sites for hydroxylation is 2. The van der Waals surface area contributed by atoms with Crippen LogP contribution in [0.3, 0.4) is 0 Å². The zero-order valence-corrected chi connectivity index (χ0v) is 24.6. The molecule has 8 heteroatoms. The summed E-state index contributed by atoms with van der Waals surface area (Å²) in [7, 11) is 6.09. The Hall–Kier alpha value is -4.40. The van der Waals surface area contributed by atoms with Gasteiger partial charge in [-0.1, -0.05) is 23.3 Å². The summed E-state index contributed by atoms with van der Waals surface area (Å²) >= 11 is 0. The van der Waals surface area contributed by atoms with Gasteiger partial charge in [0, 0.05) is 46.2 Å². The number of rotatable bonds is 4. The van der Waals surface area contributed by atoms with Crippen LogP contribution >= 0.6 is 0 Å². The topological polar surface area (TPSA) is 118 Å². The summed E-state index contributed by atoms with van der Waals surface area (Å²) in [5.41, 5.74) is 5.49. The average Bonchev–Trinajstić information content (AvgIpc) is 2.97. The zero-order valence-electron chi connectivity index (χ0n) is 24.6. The highest BCUT2D eigenvalue weighted by molar-refractivity contribution is 5.60. The van der Waals surface area contributed by atoms with Crippen LogP contribution in [0.4, 0.5) is 0 Å². The van der Waals surface area contributed by atoms with E-state index in [9.17, 15) is 20.4 Å². The van der Waals surface area contributed by atoms with Gasteiger partial charge in [-0.05, 0) is 61.4 Å². The number of ether oxygens (including phenoxy) is 4. The molecule has 42 heavy (non-hydrogen) atoms. The molecule has 5 rings (SSSR count). The number of aliphatic hydroxyl groups excluding tert-OH is 2. The van der Waals surface area contributed by atoms with Gasteiger partial charge in [-0.15, -0.1) is 0 Å². The Balaban J connectivity index is 1.89. The van der Waals surface area contributed by atoms with Crippen LogP contribution in [0.25, 0.3) is 0 Å². The van der Waals surface area contributed by atoms with E-state index in [1.54, 1.807) is 43.5 Å². The van der Waals surface area contributed by atoms with Crippen LogP contribution in [-0.4, -0.2) is 48.9 Å². The Bertz CT molecular complexity index is 1550. The molecule has 0 radical (unpaired) electrons. The molecule has 0 aliphatic heterocycles. The molecule has 1 aliphatic carbocycles. The molecule has 4 aromatic rings. The van der Waals surface area contributed by atoms with Crippen molar-refractivity contribution in [2.24, 2.45) is 0 Å². The summed E-state index contributed by atoms with van der Waals surface area (Å²) in [6, 6.07) is 14.1. The second kappa shape index (κ2) is 11.5. The maximum atomic E-state index is 11.8. The molecule has 0 fully saturated rings. The van der Waals surface area contributed by atoms with Crippen LogP contribution in [0.1, 0.15) is 67.8 Å². The molecule has 4 aromatic carbocycles. The molecule has 220 valence electrons. The van der Waals surface area contributed by atoms with Crippen LogP contribution in [0.2, 0.25) is 0 Å². The van der Waals surface area contributed by atoms with E-state index in [2.05, 4.69) is 0 Å². The third-order valence-corrected chi connectivity index (χ3v) is 7.88. The maximum absolute atomic E-state index is 11.8. The van der Waals surface area contributed by atoms with Crippen molar-refractivity contribution in [1.29, 1.82) is 0 Å². The molecular formula is C34H36O8. The molecule has 8 nitrogen and oxygen atoms in total. The first-order valence-electron chi connectivity index (χ1n) is 13.6. The van der Waals surface area contributed by atoms with Gasteiger partial charge in [-0.3, -0.25) is 0 Å². The lowest BCUT2D eigenvalue weighted by Gasteiger charge is -2.25. The van der Waals surface area contributed by atoms with Gasteiger partial charge >= 0.3 is 0 Å². The summed E-state index contributed by atoms with van der Waals surface area (Å²) < 4.78 is 22.8. The Morgan fingerprint density at radius 2 is 0.905 bits per heavy atom. The number of hydrogen-bond donors (Lipinski definition) is 4. The minimum Gasteiger partial charge on any atom is -0.507 e. The highest BCUT2D eigenvalue weighted by Crippen LogP contribution is 2.46. The van der Waals surface area contributed by atoms with Crippen LogP contribution in [0.5, 0.6) is 34.5 Å². The summed E-state index contributed by atoms with van der Waals surface area (Å²) in [6.07, 6.45) is -2.11. The Morgan fingerprint density at radius 3 is 1.29 bits per heavy atom. The summed E-state index contributed by atoms with van der Waals surface area (Å²) in [6.45, 7) is 3.80. The minimum absolute atomic E-state index is 0.0845. The Kier molecular flexibility index (Phi) is 7.95. The van der Waals surface area contributed by atoms with Crippen molar-refractivity contribution in [3.05, 3.63) is 104 Å². The van der Waals surface area contributed by atoms with Crippen molar-refractivity contribution in [2.45, 2.75) is 38.9 Å². The number of phenolic OH excluding ortho intramolecular Hbond substituents is 2. The third kappa shape index (κ3) is 5.08. The van der Waals surface area contributed by atoms with Crippen molar-refractivity contribution < 1.29 is 39.4 Å². The fourth-order valence-corrected chi connectivity index (χ4v) is 5.97. The monoisotopic (exact) mass is 572 g/mol. The van der Waals surface area contributed by atoms with Crippen molar-refractivity contribution in [3.63, 3.8) is 0 Å². The third-order valence-electron chi connectivity index (χ3n) is 7.88. The lowest BCUT2D eigenvalue weighted by atomic mass is 9.88. The van der Waals surface area contributed by atoms with Gasteiger partial charge in [-0.25, -0.2) is 0 Å². The predicted molar refractivity (Wildman–Crippen MR) is 159 cm³/mol. The highest BCUT2D eigenvalue weighted by Gasteiger charge is 2.29. The average molecular weight is 573 g/mol. The van der Waals surface area contributed by atoms with E-state index in [-0.39, 0.29) is 41.2 Å². The van der Waals surface area contributed by atoms with Gasteiger partial charge in [0.1, 0.15) is 46.7 Å². The van der Waals surface area contributed by atoms with Crippen molar-refractivity contribution in [2.75, 3.05) is 28.4 Å². The van der Waals surface area contributed by atoms with Gasteiger partial charge in [0.15, 0.2) is 0 Å². The second-order valence-electron chi connectivity index (χ2n) is 10.7. The Labute approximate surface area is 245 Å². The van der Waals surface area contributed by atoms with Crippen LogP contribution < -0.4 is 18.9 Å². The van der Waals surface area contributed by atoms with E-state index in [0.717, 1.165) is 22.3 Å². The predicted octanol–water partition coefficient (Wildman–Crippen LogP) is 5.41. The highest BCUT2D eigenvalue weighted by atomic mass is 16.5. The first-order chi connectivity index (χ1) is 20.1. The van der Waals surface area contributed by atoms with Gasteiger partial charge in [-0.2, -0.15) is 0 Å². The number of methoxy groups -OCH3 is 4. The van der Waals surface area contributed by atoms with Gasteiger partial charge < -0.3 is 39.4 Å². The van der Waals surface area contributed by atoms with Crippen LogP contribution in [-0.2, 0) is 12.8 Å². The zero-order chi connectivity index (χ0) is 30.3. The van der Waals surface area contributed by atoms with E-state index in [4.69, 9.17) is 18.9 Å². The lowest BCUT2D eigenvalue weighted by Crippen LogP contribution is -2.11. The quantitative estimate of drug-likeness (QED) is 0.257. The molecule has 0 spiro atoms. The first kappa shape index (κ1) is 29.1. The molecule has 0 unspecified atom stereocenters. The number of phenols is 2. The number of fused-ring (bicyclic) bond motifs is 8. The molecular weight excluding hydrogens is 536 g/mol. The maximum Gasteiger partial charge on any atom is 0.131 e. The number of benzene rings is 4. The Morgan fingerprint density at radius 1 is 0.500 bits per heavy atom. The molecule has 2 atom stereocenters. The van der Waals surface area contributed by atoms with Gasteiger partial charge in [0.05, 0.1) is 28.4 Å². The summed E-state index contributed by atoms with van der Waals surface area (Å²) in [5, 5.41) is 46.6. The van der Waals surface area contributed by atoms with E-state index in [1.165, 1.54) is 21.3 Å². The molecule has 8 bridgehead atoms. The summed E-state index contributed by atoms with van der Waals surface area (Å²) in [5.74, 6) is 1.58. The molecule has 0 amide bonds. The van der Waals surface area contributed by atoms with Gasteiger partial charge in [0.25, 0.3) is 0 Å². The summed E-state index contributed by atoms with van der Waals surface area (Å²) in [4.78, 5) is 0. The van der Waals surface area contributed by atoms with Crippen molar-refractivity contribution in [1.82, 2.24) is 0 Å². The van der Waals surface area contributed by atoms with E-state index in [1.807, 2.05) is 26.0 Å². The minimum atomic E-state index is -1.34. The van der Waals surface area contributed by atoms with E-state index >= 15 is 0 Å². The molecule has 0 saturated heterocycles. The second-order valence-corrected chi connectivity index (χ2v) is 10.7. The molecule has 0 heterocycles. The molecule has 1 aliphatic rings. The van der Waals surface area contributed by atoms with E-state index in [0.29, 0.717) is 39.5 Å². The van der Waals surface area contributed by atoms with Crippen LogP contribution in [0.15, 0.2) is 48.5 Å². The SMILES string of the molecule is COc1cc2c(O)c(c1)[C@H](O)c1cc(C)cc(c1OC)[C@@H](O)c1cc(OC)cc(c1O)Cc1cc(C)cc(c1OC)C2. The standard InChI is InChI=1S/C34H36O8/c1-17-7-21-11-19-13-23(39-3)15-25(29(19)35)31(37)27-9-18(2)10-28(34(27)42-6)32(38)26-16-24(40-4)14-20(30(26)36)12-22(8-17)33(21)41-5/h7-10,13-16,31-32,35-38H,11-12H2,1-6H3/t31-,32-/m0/s1. The van der Waals surface area contributed by atoms with Crippen molar-refractivity contribution >= 4 is 0 Å². The molecule has 0 saturated carbocycles. The van der Waals surface area contributed by atoms with E-state index < -0.39 is 12.2 Å². The number of hydrogen-bond acceptors (Lipinski definition) is 8. The smallest absolute Gasteiger partial charge is 0.131 e. The molecule has 4 N–H and O–H groups in total. The largest absolute Gasteiger partial charge is 0.507 e. The fraction of sp³-hybridized carbons (Fsp3) is 0.294. The normalized spacial score (nSPS) is 16.1. The fourth-order valence-electron chi connectivity index (χ4n) is 5.97. The number of aliphatic hydroxyl groups is 2. The lowest BCUT2D eigenvalue weighted by molar-refractivity contribution is 0.198. The van der Waals surface area contributed by atoms with Crippen molar-refractivity contribution in [3.8, 4) is 34.5 Å². The van der Waals surface area contributed by atoms with Crippen LogP contribution in [0, 0.1) is 13.8 Å². The number of aromatic hydroxyl groups is 2. The van der Waals surface area contributed by atoms with Gasteiger partial charge in [0.2, 0.25) is 0 Å².